The van der Waals surface area contributed by atoms with Crippen molar-refractivity contribution in [3.63, 3.8) is 0 Å². The number of aldehydes is 1. The number of aromatic nitrogens is 3. The van der Waals surface area contributed by atoms with Crippen molar-refractivity contribution in [2.75, 3.05) is 23.8 Å². The highest BCUT2D eigenvalue weighted by atomic mass is 35.5. The van der Waals surface area contributed by atoms with Gasteiger partial charge in [-0.1, -0.05) is 24.6 Å². The summed E-state index contributed by atoms with van der Waals surface area (Å²) >= 11 is 6.49. The van der Waals surface area contributed by atoms with Crippen LogP contribution in [0.3, 0.4) is 0 Å². The molecule has 3 rings (SSSR count). The molecule has 0 aromatic carbocycles. The number of pyridine rings is 3. The third kappa shape index (κ3) is 5.69. The molecule has 0 aliphatic carbocycles. The zero-order valence-electron chi connectivity index (χ0n) is 18.5. The number of aryl methyl sites for hydroxylation is 1. The normalized spacial score (nSPS) is 12.2. The highest BCUT2D eigenvalue weighted by Gasteiger charge is 2.30. The van der Waals surface area contributed by atoms with Crippen molar-refractivity contribution < 1.29 is 22.8 Å². The molecule has 34 heavy (non-hydrogen) atoms. The molecule has 0 aliphatic rings. The van der Waals surface area contributed by atoms with Crippen molar-refractivity contribution in [1.82, 2.24) is 15.0 Å². The molecule has 7 nitrogen and oxygen atoms in total. The predicted octanol–water partition coefficient (Wildman–Crippen LogP) is 4.90. The lowest BCUT2D eigenvalue weighted by molar-refractivity contribution is -0.137. The lowest BCUT2D eigenvalue weighted by Gasteiger charge is -2.24. The van der Waals surface area contributed by atoms with E-state index in [9.17, 15) is 22.8 Å². The fourth-order valence-corrected chi connectivity index (χ4v) is 3.68. The van der Waals surface area contributed by atoms with E-state index in [-0.39, 0.29) is 17.5 Å². The maximum absolute atomic E-state index is 12.7. The second-order valence-electron chi connectivity index (χ2n) is 7.64. The Bertz CT molecular complexity index is 1200. The molecule has 0 unspecified atom stereocenters. The summed E-state index contributed by atoms with van der Waals surface area (Å²) in [5.74, 6) is -1.01. The molecule has 1 N–H and O–H groups in total. The second kappa shape index (κ2) is 10.2. The standard InChI is InChI=1S/C23H21ClF3N5O2/c1-13(12-33)21-16(5-4-8-28-21)20-17(9-14(2)30-22(20)24)32(3)11-19(34)31-18-7-6-15(10-29-18)23(25,26)27/h4-10,12-13H,11H2,1-3H3,(H,29,31,34)/t13-/m1/s1. The summed E-state index contributed by atoms with van der Waals surface area (Å²) in [7, 11) is 1.66. The van der Waals surface area contributed by atoms with Crippen LogP contribution in [0.2, 0.25) is 5.15 Å². The zero-order chi connectivity index (χ0) is 25.0. The molecule has 0 spiro atoms. The average molecular weight is 492 g/mol. The first-order valence-electron chi connectivity index (χ1n) is 10.1. The second-order valence-corrected chi connectivity index (χ2v) is 8.00. The minimum Gasteiger partial charge on any atom is -0.365 e. The summed E-state index contributed by atoms with van der Waals surface area (Å²) < 4.78 is 38.1. The largest absolute Gasteiger partial charge is 0.417 e. The number of hydrogen-bond donors (Lipinski definition) is 1. The van der Waals surface area contributed by atoms with E-state index < -0.39 is 23.6 Å². The molecule has 0 saturated carbocycles. The van der Waals surface area contributed by atoms with Crippen molar-refractivity contribution in [2.24, 2.45) is 0 Å². The summed E-state index contributed by atoms with van der Waals surface area (Å²) in [6, 6.07) is 7.15. The molecule has 0 fully saturated rings. The molecule has 1 atom stereocenters. The summed E-state index contributed by atoms with van der Waals surface area (Å²) in [6.07, 6.45) is -1.52. The van der Waals surface area contributed by atoms with Crippen LogP contribution in [0.25, 0.3) is 11.1 Å². The van der Waals surface area contributed by atoms with Crippen LogP contribution in [0.5, 0.6) is 0 Å². The van der Waals surface area contributed by atoms with Gasteiger partial charge in [-0.3, -0.25) is 9.78 Å². The van der Waals surface area contributed by atoms with Crippen LogP contribution in [0, 0.1) is 6.92 Å². The van der Waals surface area contributed by atoms with E-state index in [0.717, 1.165) is 18.4 Å². The molecule has 0 saturated heterocycles. The van der Waals surface area contributed by atoms with Gasteiger partial charge in [0.1, 0.15) is 17.3 Å². The molecule has 3 aromatic rings. The van der Waals surface area contributed by atoms with E-state index in [1.54, 1.807) is 50.2 Å². The van der Waals surface area contributed by atoms with Crippen LogP contribution in [-0.4, -0.2) is 40.7 Å². The van der Waals surface area contributed by atoms with Crippen molar-refractivity contribution in [3.8, 4) is 11.1 Å². The van der Waals surface area contributed by atoms with E-state index in [1.165, 1.54) is 0 Å². The van der Waals surface area contributed by atoms with E-state index in [0.29, 0.717) is 34.4 Å². The van der Waals surface area contributed by atoms with Gasteiger partial charge in [-0.2, -0.15) is 13.2 Å². The van der Waals surface area contributed by atoms with Crippen molar-refractivity contribution in [3.05, 3.63) is 64.8 Å². The number of carbonyl (C=O) groups is 2. The molecule has 1 amide bonds. The monoisotopic (exact) mass is 491 g/mol. The lowest BCUT2D eigenvalue weighted by atomic mass is 9.96. The van der Waals surface area contributed by atoms with Gasteiger partial charge in [-0.05, 0) is 31.2 Å². The lowest BCUT2D eigenvalue weighted by Crippen LogP contribution is -2.31. The van der Waals surface area contributed by atoms with Gasteiger partial charge in [-0.15, -0.1) is 0 Å². The van der Waals surface area contributed by atoms with Crippen LogP contribution in [0.15, 0.2) is 42.7 Å². The van der Waals surface area contributed by atoms with Gasteiger partial charge < -0.3 is 15.0 Å². The number of halogens is 4. The van der Waals surface area contributed by atoms with Crippen molar-refractivity contribution in [1.29, 1.82) is 0 Å². The minimum atomic E-state index is -4.52. The Labute approximate surface area is 199 Å². The summed E-state index contributed by atoms with van der Waals surface area (Å²) in [6.45, 7) is 3.30. The molecular weight excluding hydrogens is 471 g/mol. The van der Waals surface area contributed by atoms with Crippen LogP contribution < -0.4 is 10.2 Å². The predicted molar refractivity (Wildman–Crippen MR) is 123 cm³/mol. The van der Waals surface area contributed by atoms with E-state index in [4.69, 9.17) is 11.6 Å². The minimum absolute atomic E-state index is 0.00934. The Balaban J connectivity index is 1.89. The van der Waals surface area contributed by atoms with Gasteiger partial charge in [0.05, 0.1) is 23.7 Å². The number of nitrogens with one attached hydrogen (secondary N) is 1. The number of amides is 1. The maximum Gasteiger partial charge on any atom is 0.417 e. The summed E-state index contributed by atoms with van der Waals surface area (Å²) in [5.41, 5.74) is 1.89. The molecule has 3 heterocycles. The zero-order valence-corrected chi connectivity index (χ0v) is 19.3. The van der Waals surface area contributed by atoms with Gasteiger partial charge in [0.25, 0.3) is 0 Å². The number of likely N-dealkylation sites (N-methyl/N-ethyl adjacent to an activating group) is 1. The maximum atomic E-state index is 12.7. The Morgan fingerprint density at radius 3 is 2.62 bits per heavy atom. The third-order valence-electron chi connectivity index (χ3n) is 4.98. The Morgan fingerprint density at radius 1 is 1.26 bits per heavy atom. The topological polar surface area (TPSA) is 88.1 Å². The first-order valence-corrected chi connectivity index (χ1v) is 10.5. The molecule has 0 radical (unpaired) electrons. The van der Waals surface area contributed by atoms with Gasteiger partial charge in [0.2, 0.25) is 5.91 Å². The average Bonchev–Trinajstić information content (AvgIpc) is 2.77. The highest BCUT2D eigenvalue weighted by Crippen LogP contribution is 2.39. The van der Waals surface area contributed by atoms with Crippen molar-refractivity contribution in [2.45, 2.75) is 25.9 Å². The van der Waals surface area contributed by atoms with E-state index >= 15 is 0 Å². The fourth-order valence-electron chi connectivity index (χ4n) is 3.34. The van der Waals surface area contributed by atoms with Gasteiger partial charge in [0.15, 0.2) is 0 Å². The molecule has 0 aliphatic heterocycles. The SMILES string of the molecule is Cc1cc(N(C)CC(=O)Nc2ccc(C(F)(F)F)cn2)c(-c2cccnc2[C@H](C)C=O)c(Cl)n1. The van der Waals surface area contributed by atoms with E-state index in [2.05, 4.69) is 20.3 Å². The molecule has 11 heteroatoms. The summed E-state index contributed by atoms with van der Waals surface area (Å²) in [5, 5.41) is 2.66. The molecule has 0 bridgehead atoms. The Morgan fingerprint density at radius 2 is 2.00 bits per heavy atom. The fraction of sp³-hybridized carbons (Fsp3) is 0.261. The molecule has 178 valence electrons. The van der Waals surface area contributed by atoms with Gasteiger partial charge in [0, 0.05) is 41.9 Å². The number of rotatable bonds is 7. The number of hydrogen-bond acceptors (Lipinski definition) is 6. The molecule has 3 aromatic heterocycles. The quantitative estimate of drug-likeness (QED) is 0.374. The third-order valence-corrected chi connectivity index (χ3v) is 5.25. The van der Waals surface area contributed by atoms with Crippen LogP contribution >= 0.6 is 11.6 Å². The van der Waals surface area contributed by atoms with Crippen LogP contribution in [0.4, 0.5) is 24.7 Å². The van der Waals surface area contributed by atoms with Crippen LogP contribution in [-0.2, 0) is 15.8 Å². The van der Waals surface area contributed by atoms with Gasteiger partial charge >= 0.3 is 6.18 Å². The van der Waals surface area contributed by atoms with Crippen molar-refractivity contribution >= 4 is 35.3 Å². The number of carbonyl (C=O) groups excluding carboxylic acids is 2. The van der Waals surface area contributed by atoms with Crippen LogP contribution in [0.1, 0.15) is 29.8 Å². The first-order chi connectivity index (χ1) is 16.0. The highest BCUT2D eigenvalue weighted by molar-refractivity contribution is 6.33. The first kappa shape index (κ1) is 25.1. The number of nitrogens with zero attached hydrogens (tertiary/aromatic N) is 4. The smallest absolute Gasteiger partial charge is 0.365 e. The summed E-state index contributed by atoms with van der Waals surface area (Å²) in [4.78, 5) is 37.9. The number of alkyl halides is 3. The number of anilines is 2. The van der Waals surface area contributed by atoms with E-state index in [1.807, 2.05) is 0 Å². The van der Waals surface area contributed by atoms with Gasteiger partial charge in [-0.25, -0.2) is 9.97 Å². The molecular formula is C23H21ClF3N5O2. The Kier molecular flexibility index (Phi) is 7.51. The Hall–Kier alpha value is -3.53.